The van der Waals surface area contributed by atoms with Crippen molar-refractivity contribution in [3.63, 3.8) is 0 Å². The summed E-state index contributed by atoms with van der Waals surface area (Å²) in [6.07, 6.45) is 0.781. The molecule has 1 saturated heterocycles. The second-order valence-electron chi connectivity index (χ2n) is 3.09. The van der Waals surface area contributed by atoms with Crippen LogP contribution in [0.25, 0.3) is 0 Å². The van der Waals surface area contributed by atoms with E-state index in [1.54, 1.807) is 0 Å². The number of nitrogens with two attached hydrogens (primary N) is 1. The van der Waals surface area contributed by atoms with Crippen LogP contribution in [-0.4, -0.2) is 31.3 Å². The average Bonchev–Trinajstić information content (AvgIpc) is 2.95. The van der Waals surface area contributed by atoms with Crippen LogP contribution in [0.3, 0.4) is 0 Å². The Bertz CT molecular complexity index is 211. The van der Waals surface area contributed by atoms with Gasteiger partial charge in [-0.1, -0.05) is 13.5 Å². The zero-order valence-electron chi connectivity index (χ0n) is 7.79. The van der Waals surface area contributed by atoms with E-state index < -0.39 is 5.97 Å². The summed E-state index contributed by atoms with van der Waals surface area (Å²) in [6.45, 7) is 6.47. The lowest BCUT2D eigenvalue weighted by atomic mass is 10.1. The molecule has 0 aromatic heterocycles. The van der Waals surface area contributed by atoms with Crippen LogP contribution in [0.5, 0.6) is 0 Å². The van der Waals surface area contributed by atoms with E-state index in [9.17, 15) is 4.79 Å². The minimum Gasteiger partial charge on any atom is -0.459 e. The van der Waals surface area contributed by atoms with E-state index in [2.05, 4.69) is 6.58 Å². The van der Waals surface area contributed by atoms with Crippen LogP contribution in [0.1, 0.15) is 13.3 Å². The lowest BCUT2D eigenvalue weighted by Crippen LogP contribution is -2.27. The predicted octanol–water partition coefficient (Wildman–Crippen LogP) is 0.222. The topological polar surface area (TPSA) is 64.8 Å². The maximum atomic E-state index is 11.2. The number of rotatable bonds is 5. The summed E-state index contributed by atoms with van der Waals surface area (Å²) >= 11 is 0. The molecule has 1 heterocycles. The van der Waals surface area contributed by atoms with E-state index in [4.69, 9.17) is 15.2 Å². The third-order valence-corrected chi connectivity index (χ3v) is 1.95. The quantitative estimate of drug-likeness (QED) is 0.378. The van der Waals surface area contributed by atoms with E-state index in [1.807, 2.05) is 6.92 Å². The maximum absolute atomic E-state index is 11.2. The summed E-state index contributed by atoms with van der Waals surface area (Å²) in [7, 11) is 0. The number of ether oxygens (including phenoxy) is 2. The molecule has 0 amide bonds. The summed E-state index contributed by atoms with van der Waals surface area (Å²) in [5, 5.41) is 0. The standard InChI is InChI=1S/C9H15NO3/c1-3-8(10)6(2)9(11)13-5-7-4-12-7/h7-8H,2-5,10H2,1H3. The summed E-state index contributed by atoms with van der Waals surface area (Å²) < 4.78 is 9.79. The highest BCUT2D eigenvalue weighted by Gasteiger charge is 2.25. The molecule has 2 unspecified atom stereocenters. The highest BCUT2D eigenvalue weighted by molar-refractivity contribution is 5.89. The summed E-state index contributed by atoms with van der Waals surface area (Å²) in [4.78, 5) is 11.2. The van der Waals surface area contributed by atoms with Gasteiger partial charge in [-0.05, 0) is 6.42 Å². The summed E-state index contributed by atoms with van der Waals surface area (Å²) in [5.74, 6) is -0.412. The van der Waals surface area contributed by atoms with Crippen molar-refractivity contribution in [3.8, 4) is 0 Å². The smallest absolute Gasteiger partial charge is 0.335 e. The van der Waals surface area contributed by atoms with Crippen LogP contribution in [0.2, 0.25) is 0 Å². The van der Waals surface area contributed by atoms with Crippen LogP contribution in [0.15, 0.2) is 12.2 Å². The molecule has 13 heavy (non-hydrogen) atoms. The Morgan fingerprint density at radius 1 is 1.85 bits per heavy atom. The fraction of sp³-hybridized carbons (Fsp3) is 0.667. The average molecular weight is 185 g/mol. The van der Waals surface area contributed by atoms with Gasteiger partial charge in [0.1, 0.15) is 12.7 Å². The lowest BCUT2D eigenvalue weighted by Gasteiger charge is -2.10. The highest BCUT2D eigenvalue weighted by atomic mass is 16.6. The van der Waals surface area contributed by atoms with Gasteiger partial charge in [-0.15, -0.1) is 0 Å². The SMILES string of the molecule is C=C(C(=O)OCC1CO1)C(N)CC. The number of hydrogen-bond donors (Lipinski definition) is 1. The van der Waals surface area contributed by atoms with Gasteiger partial charge in [0.15, 0.2) is 0 Å². The zero-order valence-corrected chi connectivity index (χ0v) is 7.79. The third-order valence-electron chi connectivity index (χ3n) is 1.95. The van der Waals surface area contributed by atoms with E-state index in [0.29, 0.717) is 25.2 Å². The number of carbonyl (C=O) groups excluding carboxylic acids is 1. The third kappa shape index (κ3) is 3.16. The fourth-order valence-electron chi connectivity index (χ4n) is 0.823. The Balaban J connectivity index is 2.24. The van der Waals surface area contributed by atoms with Gasteiger partial charge >= 0.3 is 5.97 Å². The Hall–Kier alpha value is -0.870. The molecule has 2 N–H and O–H groups in total. The normalized spacial score (nSPS) is 22.2. The molecule has 0 aliphatic carbocycles. The van der Waals surface area contributed by atoms with E-state index in [1.165, 1.54) is 0 Å². The first-order valence-corrected chi connectivity index (χ1v) is 4.38. The highest BCUT2D eigenvalue weighted by Crippen LogP contribution is 2.10. The first kappa shape index (κ1) is 10.2. The second kappa shape index (κ2) is 4.39. The maximum Gasteiger partial charge on any atom is 0.335 e. The second-order valence-corrected chi connectivity index (χ2v) is 3.09. The van der Waals surface area contributed by atoms with Gasteiger partial charge in [-0.3, -0.25) is 0 Å². The molecule has 1 aliphatic heterocycles. The molecule has 2 atom stereocenters. The number of hydrogen-bond acceptors (Lipinski definition) is 4. The Labute approximate surface area is 77.7 Å². The monoisotopic (exact) mass is 185 g/mol. The van der Waals surface area contributed by atoms with Crippen molar-refractivity contribution in [1.29, 1.82) is 0 Å². The van der Waals surface area contributed by atoms with Crippen molar-refractivity contribution in [1.82, 2.24) is 0 Å². The van der Waals surface area contributed by atoms with Gasteiger partial charge in [0, 0.05) is 11.6 Å². The minimum atomic E-state index is -0.412. The molecule has 0 aromatic carbocycles. The molecule has 1 fully saturated rings. The van der Waals surface area contributed by atoms with Crippen LogP contribution in [-0.2, 0) is 14.3 Å². The van der Waals surface area contributed by atoms with Gasteiger partial charge in [0.05, 0.1) is 6.61 Å². The van der Waals surface area contributed by atoms with Crippen LogP contribution >= 0.6 is 0 Å². The molecule has 1 rings (SSSR count). The largest absolute Gasteiger partial charge is 0.459 e. The van der Waals surface area contributed by atoms with Crippen molar-refractivity contribution in [2.45, 2.75) is 25.5 Å². The summed E-state index contributed by atoms with van der Waals surface area (Å²) in [5.41, 5.74) is 5.94. The molecule has 4 heteroatoms. The molecular formula is C9H15NO3. The molecule has 0 spiro atoms. The number of carbonyl (C=O) groups is 1. The van der Waals surface area contributed by atoms with Gasteiger partial charge in [-0.25, -0.2) is 4.79 Å². The van der Waals surface area contributed by atoms with Crippen molar-refractivity contribution < 1.29 is 14.3 Å². The van der Waals surface area contributed by atoms with Crippen LogP contribution in [0.4, 0.5) is 0 Å². The van der Waals surface area contributed by atoms with Crippen molar-refractivity contribution >= 4 is 5.97 Å². The number of esters is 1. The van der Waals surface area contributed by atoms with Crippen LogP contribution in [0, 0.1) is 0 Å². The molecular weight excluding hydrogens is 170 g/mol. The van der Waals surface area contributed by atoms with Crippen LogP contribution < -0.4 is 5.73 Å². The van der Waals surface area contributed by atoms with E-state index >= 15 is 0 Å². The lowest BCUT2D eigenvalue weighted by molar-refractivity contribution is -0.139. The van der Waals surface area contributed by atoms with Crippen molar-refractivity contribution in [2.24, 2.45) is 5.73 Å². The van der Waals surface area contributed by atoms with Crippen molar-refractivity contribution in [3.05, 3.63) is 12.2 Å². The number of epoxide rings is 1. The van der Waals surface area contributed by atoms with Crippen molar-refractivity contribution in [2.75, 3.05) is 13.2 Å². The van der Waals surface area contributed by atoms with Gasteiger partial charge in [0.2, 0.25) is 0 Å². The van der Waals surface area contributed by atoms with E-state index in [0.717, 1.165) is 0 Å². The van der Waals surface area contributed by atoms with E-state index in [-0.39, 0.29) is 12.1 Å². The molecule has 1 aliphatic rings. The Morgan fingerprint density at radius 2 is 2.46 bits per heavy atom. The predicted molar refractivity (Wildman–Crippen MR) is 48.1 cm³/mol. The molecule has 0 aromatic rings. The Kier molecular flexibility index (Phi) is 3.45. The fourth-order valence-corrected chi connectivity index (χ4v) is 0.823. The van der Waals surface area contributed by atoms with Gasteiger partial charge in [0.25, 0.3) is 0 Å². The molecule has 74 valence electrons. The minimum absolute atomic E-state index is 0.0922. The molecule has 0 bridgehead atoms. The summed E-state index contributed by atoms with van der Waals surface area (Å²) in [6, 6.07) is -0.298. The first-order chi connectivity index (χ1) is 6.15. The zero-order chi connectivity index (χ0) is 9.84. The van der Waals surface area contributed by atoms with Gasteiger partial charge < -0.3 is 15.2 Å². The molecule has 0 radical (unpaired) electrons. The Morgan fingerprint density at radius 3 is 2.92 bits per heavy atom. The first-order valence-electron chi connectivity index (χ1n) is 4.38. The molecule has 0 saturated carbocycles. The molecule has 4 nitrogen and oxygen atoms in total. The van der Waals surface area contributed by atoms with Gasteiger partial charge in [-0.2, -0.15) is 0 Å².